The highest BCUT2D eigenvalue weighted by Gasteiger charge is 2.08. The molecule has 19 heavy (non-hydrogen) atoms. The van der Waals surface area contributed by atoms with Gasteiger partial charge in [-0.1, -0.05) is 24.8 Å². The van der Waals surface area contributed by atoms with Gasteiger partial charge in [-0.05, 0) is 12.5 Å². The van der Waals surface area contributed by atoms with Gasteiger partial charge >= 0.3 is 5.69 Å². The molecule has 0 aliphatic carbocycles. The lowest BCUT2D eigenvalue weighted by atomic mass is 10.3. The van der Waals surface area contributed by atoms with E-state index in [2.05, 4.69) is 27.4 Å². The molecule has 7 heteroatoms. The lowest BCUT2D eigenvalue weighted by Gasteiger charge is -2.09. The molecule has 0 amide bonds. The van der Waals surface area contributed by atoms with Crippen molar-refractivity contribution in [2.45, 2.75) is 24.3 Å². The van der Waals surface area contributed by atoms with Crippen LogP contribution in [0.1, 0.15) is 18.9 Å². The van der Waals surface area contributed by atoms with Crippen molar-refractivity contribution in [2.24, 2.45) is 7.05 Å². The summed E-state index contributed by atoms with van der Waals surface area (Å²) in [6.45, 7) is 3.01. The summed E-state index contributed by atoms with van der Waals surface area (Å²) in [5, 5.41) is 10.4. The second-order valence-corrected chi connectivity index (χ2v) is 5.04. The summed E-state index contributed by atoms with van der Waals surface area (Å²) in [7, 11) is 1.70. The molecule has 6 nitrogen and oxygen atoms in total. The maximum atomic E-state index is 11.3. The standard InChI is InChI=1S/C12H17N5OS/c1-3-6-13-10-9(5-4-7-14-10)8-19-12-16-15-11(18)17(12)2/h4-5,7H,3,6,8H2,1-2H3,(H,13,14)(H,15,18). The summed E-state index contributed by atoms with van der Waals surface area (Å²) < 4.78 is 1.50. The van der Waals surface area contributed by atoms with Gasteiger partial charge in [-0.3, -0.25) is 4.57 Å². The summed E-state index contributed by atoms with van der Waals surface area (Å²) >= 11 is 1.51. The number of thioether (sulfide) groups is 1. The van der Waals surface area contributed by atoms with Crippen LogP contribution in [0.2, 0.25) is 0 Å². The van der Waals surface area contributed by atoms with Crippen LogP contribution in [-0.2, 0) is 12.8 Å². The zero-order valence-corrected chi connectivity index (χ0v) is 11.8. The van der Waals surface area contributed by atoms with E-state index < -0.39 is 0 Å². The number of nitrogens with one attached hydrogen (secondary N) is 2. The summed E-state index contributed by atoms with van der Waals surface area (Å²) in [6, 6.07) is 3.94. The van der Waals surface area contributed by atoms with Crippen molar-refractivity contribution in [1.82, 2.24) is 19.7 Å². The Morgan fingerprint density at radius 1 is 1.53 bits per heavy atom. The number of hydrogen-bond donors (Lipinski definition) is 2. The predicted octanol–water partition coefficient (Wildman–Crippen LogP) is 1.62. The van der Waals surface area contributed by atoms with Gasteiger partial charge in [0, 0.05) is 31.1 Å². The first-order valence-corrected chi connectivity index (χ1v) is 7.13. The SMILES string of the molecule is CCCNc1ncccc1CSc1n[nH]c(=O)n1C. The largest absolute Gasteiger partial charge is 0.370 e. The summed E-state index contributed by atoms with van der Waals surface area (Å²) in [5.74, 6) is 1.62. The number of anilines is 1. The van der Waals surface area contributed by atoms with Crippen LogP contribution < -0.4 is 11.0 Å². The summed E-state index contributed by atoms with van der Waals surface area (Å²) in [4.78, 5) is 15.6. The van der Waals surface area contributed by atoms with Crippen molar-refractivity contribution < 1.29 is 0 Å². The lowest BCUT2D eigenvalue weighted by molar-refractivity contribution is 0.765. The number of rotatable bonds is 6. The van der Waals surface area contributed by atoms with Gasteiger partial charge in [0.05, 0.1) is 0 Å². The highest BCUT2D eigenvalue weighted by molar-refractivity contribution is 7.98. The molecule has 0 spiro atoms. The molecule has 2 aromatic heterocycles. The zero-order chi connectivity index (χ0) is 13.7. The lowest BCUT2D eigenvalue weighted by Crippen LogP contribution is -2.12. The predicted molar refractivity (Wildman–Crippen MR) is 76.4 cm³/mol. The molecule has 0 fully saturated rings. The topological polar surface area (TPSA) is 75.6 Å². The van der Waals surface area contributed by atoms with Crippen molar-refractivity contribution in [1.29, 1.82) is 0 Å². The van der Waals surface area contributed by atoms with E-state index in [1.807, 2.05) is 12.1 Å². The minimum absolute atomic E-state index is 0.196. The van der Waals surface area contributed by atoms with Gasteiger partial charge in [-0.15, -0.1) is 5.10 Å². The van der Waals surface area contributed by atoms with Crippen molar-refractivity contribution >= 4 is 17.6 Å². The number of aromatic nitrogens is 4. The highest BCUT2D eigenvalue weighted by atomic mass is 32.2. The van der Waals surface area contributed by atoms with Crippen LogP contribution in [0.25, 0.3) is 0 Å². The summed E-state index contributed by atoms with van der Waals surface area (Å²) in [6.07, 6.45) is 2.83. The van der Waals surface area contributed by atoms with Crippen LogP contribution >= 0.6 is 11.8 Å². The number of pyridine rings is 1. The van der Waals surface area contributed by atoms with E-state index in [0.717, 1.165) is 30.1 Å². The van der Waals surface area contributed by atoms with Crippen LogP contribution in [0.5, 0.6) is 0 Å². The van der Waals surface area contributed by atoms with Gasteiger partial charge in [-0.25, -0.2) is 14.9 Å². The van der Waals surface area contributed by atoms with Crippen molar-refractivity contribution in [3.05, 3.63) is 34.4 Å². The van der Waals surface area contributed by atoms with E-state index >= 15 is 0 Å². The van der Waals surface area contributed by atoms with E-state index in [0.29, 0.717) is 5.16 Å². The first-order valence-electron chi connectivity index (χ1n) is 6.14. The molecular formula is C12H17N5OS. The number of H-pyrrole nitrogens is 1. The van der Waals surface area contributed by atoms with Crippen molar-refractivity contribution in [2.75, 3.05) is 11.9 Å². The van der Waals surface area contributed by atoms with Gasteiger partial charge in [0.1, 0.15) is 5.82 Å². The first kappa shape index (κ1) is 13.7. The molecular weight excluding hydrogens is 262 g/mol. The van der Waals surface area contributed by atoms with Crippen molar-refractivity contribution in [3.63, 3.8) is 0 Å². The molecule has 2 rings (SSSR count). The molecule has 0 bridgehead atoms. The molecule has 2 aromatic rings. The smallest absolute Gasteiger partial charge is 0.343 e. The maximum Gasteiger partial charge on any atom is 0.343 e. The monoisotopic (exact) mass is 279 g/mol. The third-order valence-electron chi connectivity index (χ3n) is 2.63. The Labute approximate surface area is 115 Å². The first-order chi connectivity index (χ1) is 9.22. The third kappa shape index (κ3) is 3.37. The fraction of sp³-hybridized carbons (Fsp3) is 0.417. The minimum atomic E-state index is -0.196. The second kappa shape index (κ2) is 6.42. The molecule has 0 unspecified atom stereocenters. The Bertz CT molecular complexity index is 592. The molecule has 0 radical (unpaired) electrons. The molecule has 0 aliphatic rings. The quantitative estimate of drug-likeness (QED) is 0.786. The van der Waals surface area contributed by atoms with E-state index in [1.54, 1.807) is 13.2 Å². The second-order valence-electron chi connectivity index (χ2n) is 4.10. The molecule has 0 aliphatic heterocycles. The van der Waals surface area contributed by atoms with Crippen LogP contribution in [0.15, 0.2) is 28.3 Å². The zero-order valence-electron chi connectivity index (χ0n) is 11.0. The van der Waals surface area contributed by atoms with E-state index in [9.17, 15) is 4.79 Å². The fourth-order valence-electron chi connectivity index (χ4n) is 1.56. The molecule has 0 saturated carbocycles. The van der Waals surface area contributed by atoms with Gasteiger partial charge in [0.15, 0.2) is 5.16 Å². The van der Waals surface area contributed by atoms with Crippen LogP contribution in [0.3, 0.4) is 0 Å². The third-order valence-corrected chi connectivity index (χ3v) is 3.71. The Morgan fingerprint density at radius 3 is 3.05 bits per heavy atom. The Kier molecular flexibility index (Phi) is 4.62. The minimum Gasteiger partial charge on any atom is -0.370 e. The average Bonchev–Trinajstić information content (AvgIpc) is 2.75. The normalized spacial score (nSPS) is 10.6. The molecule has 102 valence electrons. The highest BCUT2D eigenvalue weighted by Crippen LogP contribution is 2.22. The maximum absolute atomic E-state index is 11.3. The van der Waals surface area contributed by atoms with Gasteiger partial charge in [-0.2, -0.15) is 0 Å². The number of aromatic amines is 1. The summed E-state index contributed by atoms with van der Waals surface area (Å²) in [5.41, 5.74) is 0.911. The molecule has 0 aromatic carbocycles. The van der Waals surface area contributed by atoms with Crippen LogP contribution in [-0.4, -0.2) is 26.3 Å². The van der Waals surface area contributed by atoms with Crippen molar-refractivity contribution in [3.8, 4) is 0 Å². The Morgan fingerprint density at radius 2 is 2.37 bits per heavy atom. The average molecular weight is 279 g/mol. The number of nitrogens with zero attached hydrogens (tertiary/aromatic N) is 3. The van der Waals surface area contributed by atoms with E-state index in [4.69, 9.17) is 0 Å². The molecule has 2 heterocycles. The Hall–Kier alpha value is -1.76. The fourth-order valence-corrected chi connectivity index (χ4v) is 2.47. The van der Waals surface area contributed by atoms with Crippen LogP contribution in [0.4, 0.5) is 5.82 Å². The number of hydrogen-bond acceptors (Lipinski definition) is 5. The molecule has 0 atom stereocenters. The van der Waals surface area contributed by atoms with Gasteiger partial charge in [0.25, 0.3) is 0 Å². The Balaban J connectivity index is 2.06. The van der Waals surface area contributed by atoms with Gasteiger partial charge in [0.2, 0.25) is 0 Å². The molecule has 2 N–H and O–H groups in total. The molecule has 0 saturated heterocycles. The van der Waals surface area contributed by atoms with Gasteiger partial charge < -0.3 is 5.32 Å². The van der Waals surface area contributed by atoms with E-state index in [1.165, 1.54) is 16.3 Å². The van der Waals surface area contributed by atoms with Crippen LogP contribution in [0, 0.1) is 0 Å². The van der Waals surface area contributed by atoms with E-state index in [-0.39, 0.29) is 5.69 Å².